The second kappa shape index (κ2) is 13.2. The van der Waals surface area contributed by atoms with E-state index in [9.17, 15) is 9.59 Å². The van der Waals surface area contributed by atoms with Crippen LogP contribution in [0, 0.1) is 0 Å². The smallest absolute Gasteiger partial charge is 0.342 e. The van der Waals surface area contributed by atoms with Gasteiger partial charge in [-0.3, -0.25) is 4.79 Å². The monoisotopic (exact) mass is 571 g/mol. The number of para-hydroxylation sites is 1. The van der Waals surface area contributed by atoms with Crippen LogP contribution in [0.1, 0.15) is 31.1 Å². The molecule has 1 atom stereocenters. The quantitative estimate of drug-likeness (QED) is 0.136. The fraction of sp³-hybridized carbons (Fsp3) is 0.290. The summed E-state index contributed by atoms with van der Waals surface area (Å²) in [5, 5.41) is 13.5. The van der Waals surface area contributed by atoms with Crippen molar-refractivity contribution >= 4 is 45.8 Å². The van der Waals surface area contributed by atoms with Gasteiger partial charge in [-0.2, -0.15) is 0 Å². The fourth-order valence-corrected chi connectivity index (χ4v) is 4.60. The molecule has 220 valence electrons. The lowest BCUT2D eigenvalue weighted by Gasteiger charge is -2.21. The van der Waals surface area contributed by atoms with Crippen molar-refractivity contribution in [1.82, 2.24) is 19.9 Å². The Hall–Kier alpha value is -4.90. The molecule has 0 saturated heterocycles. The molecule has 0 aliphatic carbocycles. The fourth-order valence-electron chi connectivity index (χ4n) is 4.60. The Morgan fingerprint density at radius 1 is 1.12 bits per heavy atom. The van der Waals surface area contributed by atoms with Crippen molar-refractivity contribution < 1.29 is 19.1 Å². The molecule has 1 unspecified atom stereocenters. The molecule has 42 heavy (non-hydrogen) atoms. The summed E-state index contributed by atoms with van der Waals surface area (Å²) in [6, 6.07) is 11.5. The number of methoxy groups -OCH3 is 1. The molecule has 4 rings (SSSR count). The van der Waals surface area contributed by atoms with Crippen LogP contribution in [0.4, 0.5) is 23.0 Å². The summed E-state index contributed by atoms with van der Waals surface area (Å²) in [6.07, 6.45) is 4.28. The van der Waals surface area contributed by atoms with Gasteiger partial charge in [0.25, 0.3) is 0 Å². The standard InChI is InChI=1S/C31H37N7O4/c1-8-28(39)35-23-13-25(27(41-7)14-24(23)34-19(4)15-32-5)36-31-33-16-21(30(40)42-18(2)3)29(37-31)22-17-38(6)26-12-10-9-11-20(22)26/h8-14,16-19,32,34H,1,15H2,2-7H3,(H,35,39)(H,33,36,37). The number of likely N-dealkylation sites (N-methyl/N-ethyl adjacent to an activating group) is 1. The number of ether oxygens (including phenoxy) is 2. The second-order valence-electron chi connectivity index (χ2n) is 10.1. The van der Waals surface area contributed by atoms with E-state index >= 15 is 0 Å². The van der Waals surface area contributed by atoms with Crippen molar-refractivity contribution in [1.29, 1.82) is 0 Å². The molecule has 0 aliphatic heterocycles. The molecular weight excluding hydrogens is 534 g/mol. The van der Waals surface area contributed by atoms with Crippen LogP contribution in [0.5, 0.6) is 5.75 Å². The van der Waals surface area contributed by atoms with E-state index in [0.717, 1.165) is 16.5 Å². The molecule has 0 saturated carbocycles. The number of carbonyl (C=O) groups excluding carboxylic acids is 2. The summed E-state index contributed by atoms with van der Waals surface area (Å²) >= 11 is 0. The zero-order valence-electron chi connectivity index (χ0n) is 24.7. The van der Waals surface area contributed by atoms with E-state index in [1.54, 1.807) is 33.1 Å². The number of hydrogen-bond donors (Lipinski definition) is 4. The van der Waals surface area contributed by atoms with Gasteiger partial charge >= 0.3 is 5.97 Å². The predicted octanol–water partition coefficient (Wildman–Crippen LogP) is 5.10. The molecule has 4 aromatic rings. The van der Waals surface area contributed by atoms with Crippen LogP contribution in [-0.2, 0) is 16.6 Å². The Balaban J connectivity index is 1.81. The van der Waals surface area contributed by atoms with Gasteiger partial charge in [-0.05, 0) is 46.0 Å². The highest BCUT2D eigenvalue weighted by molar-refractivity contribution is 6.03. The number of rotatable bonds is 12. The van der Waals surface area contributed by atoms with Gasteiger partial charge in [0.15, 0.2) is 0 Å². The summed E-state index contributed by atoms with van der Waals surface area (Å²) in [5.41, 5.74) is 4.10. The number of amides is 1. The Labute approximate surface area is 245 Å². The van der Waals surface area contributed by atoms with Gasteiger partial charge in [-0.25, -0.2) is 14.8 Å². The molecule has 2 heterocycles. The molecule has 0 spiro atoms. The molecule has 0 aliphatic rings. The number of aromatic nitrogens is 3. The minimum absolute atomic E-state index is 0.0580. The van der Waals surface area contributed by atoms with E-state index in [-0.39, 0.29) is 29.6 Å². The number of carbonyl (C=O) groups is 2. The molecule has 0 radical (unpaired) electrons. The maximum Gasteiger partial charge on any atom is 0.342 e. The Morgan fingerprint density at radius 3 is 2.57 bits per heavy atom. The lowest BCUT2D eigenvalue weighted by Crippen LogP contribution is -2.28. The zero-order valence-corrected chi connectivity index (χ0v) is 24.7. The highest BCUT2D eigenvalue weighted by Gasteiger charge is 2.22. The van der Waals surface area contributed by atoms with Gasteiger partial charge in [-0.1, -0.05) is 24.8 Å². The van der Waals surface area contributed by atoms with Crippen LogP contribution in [-0.4, -0.2) is 59.3 Å². The average molecular weight is 572 g/mol. The first kappa shape index (κ1) is 30.1. The number of anilines is 4. The summed E-state index contributed by atoms with van der Waals surface area (Å²) in [6.45, 7) is 9.86. The van der Waals surface area contributed by atoms with Crippen molar-refractivity contribution in [2.24, 2.45) is 7.05 Å². The lowest BCUT2D eigenvalue weighted by atomic mass is 10.1. The summed E-state index contributed by atoms with van der Waals surface area (Å²) in [5.74, 6) is -0.164. The topological polar surface area (TPSA) is 131 Å². The molecule has 1 amide bonds. The van der Waals surface area contributed by atoms with Crippen molar-refractivity contribution in [3.63, 3.8) is 0 Å². The minimum atomic E-state index is -0.516. The van der Waals surface area contributed by atoms with Crippen LogP contribution in [0.2, 0.25) is 0 Å². The maximum atomic E-state index is 13.1. The first-order valence-corrected chi connectivity index (χ1v) is 13.6. The third-order valence-electron chi connectivity index (χ3n) is 6.45. The summed E-state index contributed by atoms with van der Waals surface area (Å²) in [4.78, 5) is 34.6. The number of nitrogens with one attached hydrogen (secondary N) is 4. The Morgan fingerprint density at radius 2 is 1.88 bits per heavy atom. The highest BCUT2D eigenvalue weighted by atomic mass is 16.5. The molecular formula is C31H37N7O4. The summed E-state index contributed by atoms with van der Waals surface area (Å²) < 4.78 is 13.2. The molecule has 0 fully saturated rings. The Bertz CT molecular complexity index is 1610. The van der Waals surface area contributed by atoms with E-state index in [1.165, 1.54) is 12.3 Å². The van der Waals surface area contributed by atoms with E-state index in [2.05, 4.69) is 32.8 Å². The van der Waals surface area contributed by atoms with Crippen molar-refractivity contribution in [3.05, 3.63) is 67.0 Å². The van der Waals surface area contributed by atoms with E-state index in [4.69, 9.17) is 14.5 Å². The van der Waals surface area contributed by atoms with Crippen LogP contribution in [0.25, 0.3) is 22.2 Å². The van der Waals surface area contributed by atoms with Crippen LogP contribution >= 0.6 is 0 Å². The van der Waals surface area contributed by atoms with Crippen LogP contribution in [0.15, 0.2) is 61.4 Å². The molecule has 11 heteroatoms. The van der Waals surface area contributed by atoms with Crippen molar-refractivity contribution in [2.75, 3.05) is 36.7 Å². The summed E-state index contributed by atoms with van der Waals surface area (Å²) in [7, 11) is 5.36. The second-order valence-corrected chi connectivity index (χ2v) is 10.1. The Kier molecular flexibility index (Phi) is 9.43. The van der Waals surface area contributed by atoms with Gasteiger partial charge in [-0.15, -0.1) is 0 Å². The third-order valence-corrected chi connectivity index (χ3v) is 6.45. The van der Waals surface area contributed by atoms with Gasteiger partial charge in [0.2, 0.25) is 11.9 Å². The van der Waals surface area contributed by atoms with Gasteiger partial charge < -0.3 is 35.3 Å². The number of nitrogens with zero attached hydrogens (tertiary/aromatic N) is 3. The van der Waals surface area contributed by atoms with Crippen LogP contribution in [0.3, 0.4) is 0 Å². The molecule has 11 nitrogen and oxygen atoms in total. The molecule has 2 aromatic heterocycles. The number of benzene rings is 2. The highest BCUT2D eigenvalue weighted by Crippen LogP contribution is 2.38. The average Bonchev–Trinajstić information content (AvgIpc) is 3.30. The van der Waals surface area contributed by atoms with E-state index < -0.39 is 5.97 Å². The van der Waals surface area contributed by atoms with Crippen molar-refractivity contribution in [3.8, 4) is 17.0 Å². The molecule has 0 bridgehead atoms. The van der Waals surface area contributed by atoms with E-state index in [1.807, 2.05) is 56.0 Å². The maximum absolute atomic E-state index is 13.1. The number of hydrogen-bond acceptors (Lipinski definition) is 9. The normalized spacial score (nSPS) is 11.7. The largest absolute Gasteiger partial charge is 0.494 e. The minimum Gasteiger partial charge on any atom is -0.494 e. The van der Waals surface area contributed by atoms with Gasteiger partial charge in [0, 0.05) is 54.6 Å². The van der Waals surface area contributed by atoms with Crippen molar-refractivity contribution in [2.45, 2.75) is 32.9 Å². The zero-order chi connectivity index (χ0) is 30.4. The van der Waals surface area contributed by atoms with Gasteiger partial charge in [0.05, 0.1) is 36.0 Å². The molecule has 2 aromatic carbocycles. The first-order chi connectivity index (χ1) is 20.1. The van der Waals surface area contributed by atoms with Gasteiger partial charge in [0.1, 0.15) is 11.3 Å². The van der Waals surface area contributed by atoms with E-state index in [0.29, 0.717) is 35.1 Å². The number of fused-ring (bicyclic) bond motifs is 1. The number of esters is 1. The SMILES string of the molecule is C=CC(=O)Nc1cc(Nc2ncc(C(=O)OC(C)C)c(-c3cn(C)c4ccccc34)n2)c(OC)cc1NC(C)CNC. The molecule has 4 N–H and O–H groups in total. The first-order valence-electron chi connectivity index (χ1n) is 13.6. The predicted molar refractivity (Wildman–Crippen MR) is 167 cm³/mol. The number of aryl methyl sites for hydroxylation is 1. The third kappa shape index (κ3) is 6.69. The van der Waals surface area contributed by atoms with Crippen LogP contribution < -0.4 is 26.0 Å². The lowest BCUT2D eigenvalue weighted by molar-refractivity contribution is -0.111.